The highest BCUT2D eigenvalue weighted by Gasteiger charge is 2.33. The van der Waals surface area contributed by atoms with Crippen molar-refractivity contribution in [2.24, 2.45) is 11.8 Å². The Kier molecular flexibility index (Phi) is 7.60. The number of unbranched alkanes of at least 4 members (excludes halogenated alkanes) is 2. The van der Waals surface area contributed by atoms with Crippen LogP contribution in [0, 0.1) is 11.8 Å². The van der Waals surface area contributed by atoms with Gasteiger partial charge in [-0.1, -0.05) is 50.6 Å². The van der Waals surface area contributed by atoms with E-state index in [1.165, 1.54) is 25.7 Å². The third kappa shape index (κ3) is 5.40. The number of rotatable bonds is 6. The van der Waals surface area contributed by atoms with E-state index in [1.54, 1.807) is 18.2 Å². The van der Waals surface area contributed by atoms with Gasteiger partial charge in [-0.05, 0) is 49.3 Å². The fourth-order valence-corrected chi connectivity index (χ4v) is 4.74. The Bertz CT molecular complexity index is 694. The molecule has 5 nitrogen and oxygen atoms in total. The lowest BCUT2D eigenvalue weighted by Gasteiger charge is -2.41. The molecule has 1 aromatic carbocycles. The van der Waals surface area contributed by atoms with E-state index in [0.717, 1.165) is 44.7 Å². The monoisotopic (exact) mass is 405 g/mol. The fourth-order valence-electron chi connectivity index (χ4n) is 4.47. The van der Waals surface area contributed by atoms with E-state index in [4.69, 9.17) is 11.6 Å². The first-order valence-electron chi connectivity index (χ1n) is 10.7. The maximum atomic E-state index is 13.0. The number of nitrogens with zero attached hydrogens (tertiary/aromatic N) is 1. The summed E-state index contributed by atoms with van der Waals surface area (Å²) in [5, 5.41) is 6.00. The summed E-state index contributed by atoms with van der Waals surface area (Å²) < 4.78 is 0. The number of hydrogen-bond acceptors (Lipinski definition) is 2. The van der Waals surface area contributed by atoms with Crippen LogP contribution in [-0.2, 0) is 0 Å². The number of urea groups is 1. The zero-order valence-corrected chi connectivity index (χ0v) is 17.6. The van der Waals surface area contributed by atoms with Gasteiger partial charge in [-0.25, -0.2) is 4.79 Å². The van der Waals surface area contributed by atoms with Crippen LogP contribution in [0.15, 0.2) is 18.2 Å². The predicted octanol–water partition coefficient (Wildman–Crippen LogP) is 5.30. The molecule has 1 heterocycles. The molecular weight excluding hydrogens is 374 g/mol. The molecule has 0 bridgehead atoms. The van der Waals surface area contributed by atoms with Crippen molar-refractivity contribution in [3.63, 3.8) is 0 Å². The molecule has 0 spiro atoms. The van der Waals surface area contributed by atoms with E-state index >= 15 is 0 Å². The molecule has 2 N–H and O–H groups in total. The SMILES string of the molecule is CCCCCNC(=O)Nc1ccc(C(=O)N2CC[C@H]3CCCC[C@H]3C2)c(Cl)c1. The molecule has 0 radical (unpaired) electrons. The third-order valence-corrected chi connectivity index (χ3v) is 6.41. The number of amides is 3. The number of fused-ring (bicyclic) bond motifs is 1. The summed E-state index contributed by atoms with van der Waals surface area (Å²) in [4.78, 5) is 26.9. The number of halogens is 1. The van der Waals surface area contributed by atoms with E-state index in [9.17, 15) is 9.59 Å². The lowest BCUT2D eigenvalue weighted by Crippen LogP contribution is -2.44. The number of carbonyl (C=O) groups is 2. The number of carbonyl (C=O) groups excluding carboxylic acids is 2. The Hall–Kier alpha value is -1.75. The maximum Gasteiger partial charge on any atom is 0.319 e. The van der Waals surface area contributed by atoms with Crippen LogP contribution in [-0.4, -0.2) is 36.5 Å². The first-order chi connectivity index (χ1) is 13.6. The summed E-state index contributed by atoms with van der Waals surface area (Å²) in [6.45, 7) is 4.44. The highest BCUT2D eigenvalue weighted by molar-refractivity contribution is 6.34. The van der Waals surface area contributed by atoms with Crippen LogP contribution < -0.4 is 10.6 Å². The molecule has 3 rings (SSSR count). The second kappa shape index (κ2) is 10.1. The molecule has 1 aromatic rings. The smallest absolute Gasteiger partial charge is 0.319 e. The van der Waals surface area contributed by atoms with Gasteiger partial charge in [0.25, 0.3) is 5.91 Å². The molecule has 0 unspecified atom stereocenters. The molecule has 6 heteroatoms. The van der Waals surface area contributed by atoms with Gasteiger partial charge in [0.05, 0.1) is 10.6 Å². The third-order valence-electron chi connectivity index (χ3n) is 6.10. The highest BCUT2D eigenvalue weighted by atomic mass is 35.5. The second-order valence-corrected chi connectivity index (χ2v) is 8.53. The molecule has 1 saturated heterocycles. The fraction of sp³-hybridized carbons (Fsp3) is 0.636. The van der Waals surface area contributed by atoms with E-state index in [0.29, 0.717) is 28.7 Å². The van der Waals surface area contributed by atoms with Crippen molar-refractivity contribution >= 4 is 29.2 Å². The molecule has 1 aliphatic heterocycles. The van der Waals surface area contributed by atoms with Crippen molar-refractivity contribution in [3.8, 4) is 0 Å². The van der Waals surface area contributed by atoms with Crippen LogP contribution in [0.2, 0.25) is 5.02 Å². The van der Waals surface area contributed by atoms with Gasteiger partial charge in [0.1, 0.15) is 0 Å². The van der Waals surface area contributed by atoms with E-state index in [-0.39, 0.29) is 11.9 Å². The molecule has 2 fully saturated rings. The summed E-state index contributed by atoms with van der Waals surface area (Å²) in [5.41, 5.74) is 1.12. The Balaban J connectivity index is 1.56. The number of piperidine rings is 1. The average Bonchev–Trinajstić information content (AvgIpc) is 2.70. The zero-order valence-electron chi connectivity index (χ0n) is 16.8. The minimum absolute atomic E-state index is 0.00425. The second-order valence-electron chi connectivity index (χ2n) is 8.13. The summed E-state index contributed by atoms with van der Waals surface area (Å²) >= 11 is 6.39. The predicted molar refractivity (Wildman–Crippen MR) is 114 cm³/mol. The van der Waals surface area contributed by atoms with Crippen LogP contribution in [0.4, 0.5) is 10.5 Å². The van der Waals surface area contributed by atoms with Crippen molar-refractivity contribution in [1.29, 1.82) is 0 Å². The lowest BCUT2D eigenvalue weighted by molar-refractivity contribution is 0.0521. The molecule has 1 aliphatic carbocycles. The highest BCUT2D eigenvalue weighted by Crippen LogP contribution is 2.36. The van der Waals surface area contributed by atoms with Crippen LogP contribution in [0.3, 0.4) is 0 Å². The topological polar surface area (TPSA) is 61.4 Å². The van der Waals surface area contributed by atoms with E-state index in [2.05, 4.69) is 17.6 Å². The number of hydrogen-bond donors (Lipinski definition) is 2. The van der Waals surface area contributed by atoms with Crippen molar-refractivity contribution < 1.29 is 9.59 Å². The Labute approximate surface area is 173 Å². The molecule has 2 atom stereocenters. The van der Waals surface area contributed by atoms with E-state index < -0.39 is 0 Å². The first kappa shape index (κ1) is 21.0. The molecule has 1 saturated carbocycles. The number of benzene rings is 1. The zero-order chi connectivity index (χ0) is 19.9. The standard InChI is InChI=1S/C22H32ClN3O2/c1-2-3-6-12-24-22(28)25-18-9-10-19(20(23)14-18)21(27)26-13-11-16-7-4-5-8-17(16)15-26/h9-10,14,16-17H,2-8,11-13,15H2,1H3,(H2,24,25,28)/t16-,17+/m1/s1. The Morgan fingerprint density at radius 2 is 1.93 bits per heavy atom. The van der Waals surface area contributed by atoms with Gasteiger partial charge in [-0.2, -0.15) is 0 Å². The summed E-state index contributed by atoms with van der Waals surface area (Å²) in [7, 11) is 0. The molecule has 154 valence electrons. The van der Waals surface area contributed by atoms with Gasteiger partial charge in [-0.3, -0.25) is 4.79 Å². The maximum absolute atomic E-state index is 13.0. The van der Waals surface area contributed by atoms with Gasteiger partial charge in [0.15, 0.2) is 0 Å². The summed E-state index contributed by atoms with van der Waals surface area (Å²) in [6.07, 6.45) is 9.45. The molecule has 28 heavy (non-hydrogen) atoms. The number of nitrogens with one attached hydrogen (secondary N) is 2. The molecule has 0 aromatic heterocycles. The normalized spacial score (nSPS) is 21.7. The van der Waals surface area contributed by atoms with Gasteiger partial charge in [0, 0.05) is 25.3 Å². The largest absolute Gasteiger partial charge is 0.338 e. The Morgan fingerprint density at radius 3 is 2.68 bits per heavy atom. The number of anilines is 1. The molecular formula is C22H32ClN3O2. The van der Waals surface area contributed by atoms with Crippen LogP contribution >= 0.6 is 11.6 Å². The van der Waals surface area contributed by atoms with Gasteiger partial charge < -0.3 is 15.5 Å². The first-order valence-corrected chi connectivity index (χ1v) is 11.1. The van der Waals surface area contributed by atoms with Crippen LogP contribution in [0.5, 0.6) is 0 Å². The van der Waals surface area contributed by atoms with Crippen LogP contribution in [0.25, 0.3) is 0 Å². The minimum Gasteiger partial charge on any atom is -0.338 e. The van der Waals surface area contributed by atoms with Gasteiger partial charge >= 0.3 is 6.03 Å². The van der Waals surface area contributed by atoms with Crippen molar-refractivity contribution in [1.82, 2.24) is 10.2 Å². The summed E-state index contributed by atoms with van der Waals surface area (Å²) in [5.74, 6) is 1.43. The van der Waals surface area contributed by atoms with Gasteiger partial charge in [0.2, 0.25) is 0 Å². The summed E-state index contributed by atoms with van der Waals surface area (Å²) in [6, 6.07) is 4.89. The van der Waals surface area contributed by atoms with Gasteiger partial charge in [-0.15, -0.1) is 0 Å². The minimum atomic E-state index is -0.245. The van der Waals surface area contributed by atoms with Crippen molar-refractivity contribution in [2.45, 2.75) is 58.3 Å². The lowest BCUT2D eigenvalue weighted by atomic mass is 9.75. The van der Waals surface area contributed by atoms with Crippen molar-refractivity contribution in [2.75, 3.05) is 25.0 Å². The number of likely N-dealkylation sites (tertiary alicyclic amines) is 1. The Morgan fingerprint density at radius 1 is 1.14 bits per heavy atom. The average molecular weight is 406 g/mol. The molecule has 2 aliphatic rings. The molecule has 3 amide bonds. The van der Waals surface area contributed by atoms with Crippen molar-refractivity contribution in [3.05, 3.63) is 28.8 Å². The van der Waals surface area contributed by atoms with Crippen LogP contribution in [0.1, 0.15) is 68.6 Å². The quantitative estimate of drug-likeness (QED) is 0.630. The van der Waals surface area contributed by atoms with E-state index in [1.807, 2.05) is 4.90 Å².